The van der Waals surface area contributed by atoms with E-state index >= 15 is 0 Å². The molecule has 0 saturated carbocycles. The van der Waals surface area contributed by atoms with E-state index in [4.69, 9.17) is 21.3 Å². The third kappa shape index (κ3) is 4.60. The van der Waals surface area contributed by atoms with Gasteiger partial charge in [-0.05, 0) is 61.7 Å². The van der Waals surface area contributed by atoms with E-state index in [1.165, 1.54) is 0 Å². The Morgan fingerprint density at radius 2 is 1.97 bits per heavy atom. The molecule has 5 rings (SSSR count). The van der Waals surface area contributed by atoms with E-state index in [0.29, 0.717) is 18.1 Å². The Bertz CT molecular complexity index is 1300. The van der Waals surface area contributed by atoms with Crippen molar-refractivity contribution in [2.24, 2.45) is 5.92 Å². The van der Waals surface area contributed by atoms with Gasteiger partial charge in [0.05, 0.1) is 29.1 Å². The lowest BCUT2D eigenvalue weighted by atomic mass is 9.97. The van der Waals surface area contributed by atoms with Crippen LogP contribution in [0.2, 0.25) is 5.02 Å². The molecule has 1 saturated heterocycles. The van der Waals surface area contributed by atoms with E-state index in [0.717, 1.165) is 57.6 Å². The molecule has 3 heterocycles. The monoisotopic (exact) mass is 495 g/mol. The predicted octanol–water partition coefficient (Wildman–Crippen LogP) is 4.99. The number of benzene rings is 2. The number of rotatable bonds is 6. The summed E-state index contributed by atoms with van der Waals surface area (Å²) in [5, 5.41) is 9.39. The summed E-state index contributed by atoms with van der Waals surface area (Å²) in [5.74, 6) is 0.835. The zero-order valence-corrected chi connectivity index (χ0v) is 20.7. The molecule has 1 aliphatic heterocycles. The van der Waals surface area contributed by atoms with Crippen LogP contribution in [0.25, 0.3) is 16.0 Å². The molecule has 2 aromatic heterocycles. The Morgan fingerprint density at radius 3 is 2.71 bits per heavy atom. The summed E-state index contributed by atoms with van der Waals surface area (Å²) in [7, 11) is 1.64. The van der Waals surface area contributed by atoms with Crippen molar-refractivity contribution in [2.45, 2.75) is 26.3 Å². The molecule has 9 heteroatoms. The Morgan fingerprint density at radius 1 is 1.21 bits per heavy atom. The average molecular weight is 496 g/mol. The van der Waals surface area contributed by atoms with Crippen LogP contribution < -0.4 is 15.0 Å². The van der Waals surface area contributed by atoms with Gasteiger partial charge in [-0.3, -0.25) is 4.79 Å². The summed E-state index contributed by atoms with van der Waals surface area (Å²) in [5.41, 5.74) is 3.76. The normalized spacial score (nSPS) is 16.1. The molecule has 2 aromatic carbocycles. The zero-order valence-electron chi connectivity index (χ0n) is 19.1. The summed E-state index contributed by atoms with van der Waals surface area (Å²) >= 11 is 7.69. The van der Waals surface area contributed by atoms with Crippen molar-refractivity contribution in [3.63, 3.8) is 0 Å². The summed E-state index contributed by atoms with van der Waals surface area (Å²) in [4.78, 5) is 20.1. The van der Waals surface area contributed by atoms with E-state index in [2.05, 4.69) is 15.3 Å². The standard InChI is InChI=1S/C25H26ClN5O2S/c1-16-22-23(31(29-16)20-9-7-19(26)8-10-20)28-25(34-22)30-13-3-4-18(15-30)24(32)27-14-17-5-11-21(33-2)12-6-17/h5-12,18H,3-4,13-15H2,1-2H3,(H,27,32). The van der Waals surface area contributed by atoms with E-state index in [1.807, 2.05) is 60.1 Å². The number of nitrogens with zero attached hydrogens (tertiary/aromatic N) is 4. The minimum atomic E-state index is -0.0622. The van der Waals surface area contributed by atoms with Crippen LogP contribution in [0.15, 0.2) is 48.5 Å². The number of methoxy groups -OCH3 is 1. The third-order valence-electron chi connectivity index (χ3n) is 6.14. The topological polar surface area (TPSA) is 72.3 Å². The van der Waals surface area contributed by atoms with Crippen molar-refractivity contribution in [2.75, 3.05) is 25.1 Å². The summed E-state index contributed by atoms with van der Waals surface area (Å²) in [6.45, 7) is 4.07. The van der Waals surface area contributed by atoms with E-state index < -0.39 is 0 Å². The van der Waals surface area contributed by atoms with Crippen molar-refractivity contribution in [1.82, 2.24) is 20.1 Å². The quantitative estimate of drug-likeness (QED) is 0.408. The molecule has 1 amide bonds. The van der Waals surface area contributed by atoms with Gasteiger partial charge in [0.1, 0.15) is 5.75 Å². The van der Waals surface area contributed by atoms with Gasteiger partial charge in [0.15, 0.2) is 10.8 Å². The second kappa shape index (κ2) is 9.64. The Hall–Kier alpha value is -3.10. The largest absolute Gasteiger partial charge is 0.497 e. The van der Waals surface area contributed by atoms with Crippen molar-refractivity contribution >= 4 is 44.3 Å². The molecule has 1 aliphatic rings. The van der Waals surface area contributed by atoms with Crippen molar-refractivity contribution in [1.29, 1.82) is 0 Å². The first-order chi connectivity index (χ1) is 16.5. The average Bonchev–Trinajstić information content (AvgIpc) is 3.44. The first-order valence-corrected chi connectivity index (χ1v) is 12.5. The number of hydrogen-bond donors (Lipinski definition) is 1. The van der Waals surface area contributed by atoms with Crippen LogP contribution >= 0.6 is 22.9 Å². The van der Waals surface area contributed by atoms with Gasteiger partial charge in [-0.1, -0.05) is 35.1 Å². The minimum Gasteiger partial charge on any atom is -0.497 e. The maximum absolute atomic E-state index is 12.9. The first-order valence-electron chi connectivity index (χ1n) is 11.3. The molecular weight excluding hydrogens is 470 g/mol. The van der Waals surface area contributed by atoms with E-state index in [9.17, 15) is 4.79 Å². The maximum atomic E-state index is 12.9. The van der Waals surface area contributed by atoms with Crippen LogP contribution in [-0.4, -0.2) is 40.9 Å². The first kappa shape index (κ1) is 22.7. The van der Waals surface area contributed by atoms with Gasteiger partial charge in [0.25, 0.3) is 0 Å². The van der Waals surface area contributed by atoms with Gasteiger partial charge in [0.2, 0.25) is 5.91 Å². The number of fused-ring (bicyclic) bond motifs is 1. The Labute approximate surface area is 207 Å². The lowest BCUT2D eigenvalue weighted by Crippen LogP contribution is -2.43. The van der Waals surface area contributed by atoms with Gasteiger partial charge in [0, 0.05) is 24.7 Å². The highest BCUT2D eigenvalue weighted by atomic mass is 35.5. The number of anilines is 1. The fourth-order valence-electron chi connectivity index (χ4n) is 4.26. The highest BCUT2D eigenvalue weighted by Gasteiger charge is 2.28. The van der Waals surface area contributed by atoms with Crippen LogP contribution in [0.5, 0.6) is 5.75 Å². The van der Waals surface area contributed by atoms with Crippen molar-refractivity contribution in [3.8, 4) is 11.4 Å². The number of aromatic nitrogens is 3. The summed E-state index contributed by atoms with van der Waals surface area (Å²) in [6.07, 6.45) is 1.84. The number of carbonyl (C=O) groups excluding carboxylic acids is 1. The maximum Gasteiger partial charge on any atom is 0.225 e. The second-order valence-corrected chi connectivity index (χ2v) is 9.89. The SMILES string of the molecule is COc1ccc(CNC(=O)C2CCCN(c3nc4c(s3)c(C)nn4-c3ccc(Cl)cc3)C2)cc1. The molecule has 7 nitrogen and oxygen atoms in total. The van der Waals surface area contributed by atoms with Crippen LogP contribution in [-0.2, 0) is 11.3 Å². The number of piperidine rings is 1. The minimum absolute atomic E-state index is 0.0622. The number of aryl methyl sites for hydroxylation is 1. The van der Waals surface area contributed by atoms with Crippen LogP contribution in [0.4, 0.5) is 5.13 Å². The van der Waals surface area contributed by atoms with Crippen LogP contribution in [0, 0.1) is 12.8 Å². The number of halogens is 1. The van der Waals surface area contributed by atoms with Gasteiger partial charge in [-0.15, -0.1) is 0 Å². The molecule has 34 heavy (non-hydrogen) atoms. The molecule has 1 unspecified atom stereocenters. The summed E-state index contributed by atoms with van der Waals surface area (Å²) < 4.78 is 8.13. The number of hydrogen-bond acceptors (Lipinski definition) is 6. The van der Waals surface area contributed by atoms with Crippen molar-refractivity contribution in [3.05, 3.63) is 64.8 Å². The molecule has 1 fully saturated rings. The van der Waals surface area contributed by atoms with Gasteiger partial charge < -0.3 is 15.0 Å². The fourth-order valence-corrected chi connectivity index (χ4v) is 5.41. The van der Waals surface area contributed by atoms with E-state index in [1.54, 1.807) is 18.4 Å². The van der Waals surface area contributed by atoms with Gasteiger partial charge >= 0.3 is 0 Å². The number of ether oxygens (including phenoxy) is 1. The zero-order chi connectivity index (χ0) is 23.7. The molecule has 0 aliphatic carbocycles. The van der Waals surface area contributed by atoms with Crippen LogP contribution in [0.1, 0.15) is 24.1 Å². The molecule has 1 N–H and O–H groups in total. The van der Waals surface area contributed by atoms with Gasteiger partial charge in [-0.2, -0.15) is 10.1 Å². The Balaban J connectivity index is 1.29. The second-order valence-electron chi connectivity index (χ2n) is 8.47. The molecule has 0 radical (unpaired) electrons. The molecule has 0 bridgehead atoms. The van der Waals surface area contributed by atoms with E-state index in [-0.39, 0.29) is 11.8 Å². The molecular formula is C25H26ClN5O2S. The lowest BCUT2D eigenvalue weighted by molar-refractivity contribution is -0.125. The van der Waals surface area contributed by atoms with Gasteiger partial charge in [-0.25, -0.2) is 4.68 Å². The third-order valence-corrected chi connectivity index (χ3v) is 7.60. The Kier molecular flexibility index (Phi) is 6.43. The van der Waals surface area contributed by atoms with Crippen LogP contribution in [0.3, 0.4) is 0 Å². The fraction of sp³-hybridized carbons (Fsp3) is 0.320. The predicted molar refractivity (Wildman–Crippen MR) is 136 cm³/mol. The lowest BCUT2D eigenvalue weighted by Gasteiger charge is -2.31. The number of amides is 1. The number of thiazole rings is 1. The molecule has 1 atom stereocenters. The van der Waals surface area contributed by atoms with Crippen molar-refractivity contribution < 1.29 is 9.53 Å². The number of carbonyl (C=O) groups is 1. The molecule has 176 valence electrons. The smallest absolute Gasteiger partial charge is 0.225 e. The highest BCUT2D eigenvalue weighted by Crippen LogP contribution is 2.34. The highest BCUT2D eigenvalue weighted by molar-refractivity contribution is 7.22. The molecule has 0 spiro atoms. The molecule has 4 aromatic rings. The summed E-state index contributed by atoms with van der Waals surface area (Å²) in [6, 6.07) is 15.3. The number of nitrogens with one attached hydrogen (secondary N) is 1.